The van der Waals surface area contributed by atoms with Gasteiger partial charge in [0.05, 0.1) is 109 Å². The molecule has 0 unspecified atom stereocenters. The van der Waals surface area contributed by atoms with Gasteiger partial charge in [0, 0.05) is 148 Å². The van der Waals surface area contributed by atoms with Gasteiger partial charge >= 0.3 is 5.97 Å². The Morgan fingerprint density at radius 2 is 1.33 bits per heavy atom. The normalized spacial score (nSPS) is 26.4. The predicted molar refractivity (Wildman–Crippen MR) is 517 cm³/mol. The van der Waals surface area contributed by atoms with Gasteiger partial charge in [-0.3, -0.25) is 24.0 Å². The zero-order valence-electron chi connectivity index (χ0n) is 82.9. The quantitative estimate of drug-likeness (QED) is 0.0156. The van der Waals surface area contributed by atoms with E-state index in [1.807, 2.05) is 88.4 Å². The SMILES string of the molecule is CCCOCCOCCOCCOCCOCCOCCC.COCCC(=O)CCCS(=O)(=O)c1ccc(C(=O)N2CCOc3ccc(-c4ccc(N)nc4)cc3C2)c(C)c1F.COCCCC(=S)O[C@@H]1CC[C@@H](C[C@@H](C)[C@@H]2C[C@@H](OC)[C@H](C)/C=C(\C)[C@@H](O)[C@@H](OC)C(=O)[C@H](C)C[C@H](C)/C=C/C=C/C=C(\C)[C@@H](OC)C[C@@H]3CC[C@@H](C)[C@@](O)(O3)C(=O)C(=O)N3CCCC[C@H]3C(=O)O2)C[C@H]1OC. The van der Waals surface area contributed by atoms with Gasteiger partial charge in [0.15, 0.2) is 20.7 Å². The number of allylic oxidation sites excluding steroid dienone is 5. The van der Waals surface area contributed by atoms with Crippen molar-refractivity contribution in [3.05, 3.63) is 119 Å². The van der Waals surface area contributed by atoms with Gasteiger partial charge < -0.3 is 102 Å². The van der Waals surface area contributed by atoms with Crippen LogP contribution in [0.2, 0.25) is 0 Å². The van der Waals surface area contributed by atoms with Crippen LogP contribution in [0.3, 0.4) is 0 Å². The molecule has 33 heteroatoms. The van der Waals surface area contributed by atoms with Gasteiger partial charge in [-0.1, -0.05) is 91.0 Å². The van der Waals surface area contributed by atoms with Gasteiger partial charge in [-0.15, -0.1) is 0 Å². The number of pyridine rings is 1. The number of carbonyl (C=O) groups excluding carboxylic acids is 6. The topological polar surface area (TPSA) is 370 Å². The standard InChI is InChI=1S/C57H91NO14S.C29H32FN3O6S.C16H34O6/c1-35-19-14-13-15-20-36(2)46(66-9)33-43-25-23-41(7)57(64,72-43)54(61)55(62)58-27-17-16-21-44(58)56(63)71-48(34-47(67-10)37(3)30-40(6)52(60)53(69-12)51(59)39(5)29-35)38(4)31-42-24-26-45(49(32-42)68-11)70-50(73)22-18-28-65-8;1-19-24(7-9-26(28(19)30)40(36,37)15-3-4-23(34)11-13-38-2)29(35)33-12-14-39-25-8-5-20(16-22(25)18-33)21-6-10-27(31)32-17-21;1-3-5-17-7-9-19-11-13-21-15-16-22-14-12-20-10-8-18-6-4-2/h13-15,19-20,30,35,37-39,41-49,52-53,60,64H,16-18,21-29,31-34H2,1-12H3;5-10,16-17H,3-4,11-15,18H2,1-2H3,(H2,31,32);3-16H2,1-2H3/b15-13+,19-14+,36-20+,40-30+;;/t35-,37-,38-,39-,41-,42+,43+,44+,45-,46+,47-,48+,49-,52-,53+,57-;;/m1../s1. The van der Waals surface area contributed by atoms with Crippen LogP contribution in [-0.2, 0) is 111 Å². The van der Waals surface area contributed by atoms with Crippen molar-refractivity contribution in [2.45, 2.75) is 263 Å². The van der Waals surface area contributed by atoms with E-state index in [2.05, 4.69) is 25.8 Å². The summed E-state index contributed by atoms with van der Waals surface area (Å²) in [7, 11) is 5.45. The molecule has 1 saturated carbocycles. The number of nitrogens with two attached hydrogens (primary N) is 1. The number of anilines is 1. The molecule has 1 aromatic heterocycles. The van der Waals surface area contributed by atoms with Crippen molar-refractivity contribution in [1.29, 1.82) is 0 Å². The third-order valence-corrected chi connectivity index (χ3v) is 27.4. The van der Waals surface area contributed by atoms with E-state index in [0.717, 1.165) is 73.6 Å². The van der Waals surface area contributed by atoms with E-state index in [-0.39, 0.29) is 129 Å². The molecular formula is C102H157FN4O26S2. The number of cyclic esters (lactones) is 1. The third-order valence-electron chi connectivity index (χ3n) is 25.3. The maximum absolute atomic E-state index is 15.4. The second kappa shape index (κ2) is 62.7. The average Bonchev–Trinajstić information content (AvgIpc) is 1.29. The van der Waals surface area contributed by atoms with E-state index in [4.69, 9.17) is 93.7 Å². The van der Waals surface area contributed by atoms with E-state index >= 15 is 4.39 Å². The zero-order valence-corrected chi connectivity index (χ0v) is 84.6. The number of Topliss-reactive ketones (excluding diaryl/α,β-unsaturated/α-hetero) is 3. The van der Waals surface area contributed by atoms with Crippen LogP contribution in [0.25, 0.3) is 11.1 Å². The molecule has 135 heavy (non-hydrogen) atoms. The molecule has 0 spiro atoms. The zero-order chi connectivity index (χ0) is 99.0. The van der Waals surface area contributed by atoms with Crippen LogP contribution < -0.4 is 10.5 Å². The van der Waals surface area contributed by atoms with Crippen LogP contribution in [0.4, 0.5) is 10.2 Å². The Balaban J connectivity index is 0.000000373. The Bertz CT molecular complexity index is 4310. The molecule has 0 radical (unpaired) electrons. The molecule has 760 valence electrons. The number of methoxy groups -OCH3 is 6. The number of ether oxygens (including phenoxy) is 16. The number of hydrogen-bond acceptors (Lipinski definition) is 29. The molecule has 4 aliphatic heterocycles. The number of aliphatic hydroxyl groups excluding tert-OH is 1. The molecule has 2 aromatic carbocycles. The highest BCUT2D eigenvalue weighted by molar-refractivity contribution is 7.91. The minimum atomic E-state index is -3.99. The lowest BCUT2D eigenvalue weighted by Crippen LogP contribution is -2.61. The number of fused-ring (bicyclic) bond motifs is 4. The van der Waals surface area contributed by atoms with E-state index in [1.54, 1.807) is 59.4 Å². The average molecular weight is 1940 g/mol. The van der Waals surface area contributed by atoms with Crippen molar-refractivity contribution in [2.24, 2.45) is 35.5 Å². The number of carbonyl (C=O) groups is 6. The number of hydrogen-bond donors (Lipinski definition) is 3. The first-order valence-corrected chi connectivity index (χ1v) is 50.2. The number of ketones is 3. The molecular weight excluding hydrogens is 1780 g/mol. The molecule has 2 bridgehead atoms. The summed E-state index contributed by atoms with van der Waals surface area (Å²) in [6, 6.07) is 10.6. The molecule has 8 rings (SSSR count). The largest absolute Gasteiger partial charge is 0.491 e. The Morgan fingerprint density at radius 1 is 0.681 bits per heavy atom. The maximum Gasteiger partial charge on any atom is 0.329 e. The van der Waals surface area contributed by atoms with Crippen LogP contribution in [0.5, 0.6) is 5.75 Å². The minimum Gasteiger partial charge on any atom is -0.491 e. The molecule has 2 saturated heterocycles. The number of amides is 2. The molecule has 3 fully saturated rings. The van der Waals surface area contributed by atoms with Crippen LogP contribution >= 0.6 is 12.2 Å². The number of rotatable bonds is 41. The summed E-state index contributed by atoms with van der Waals surface area (Å²) >= 11 is 5.56. The van der Waals surface area contributed by atoms with Gasteiger partial charge in [0.1, 0.15) is 65.1 Å². The summed E-state index contributed by atoms with van der Waals surface area (Å²) in [5.74, 6) is -7.53. The van der Waals surface area contributed by atoms with Crippen LogP contribution in [-0.4, -0.2) is 295 Å². The second-order valence-corrected chi connectivity index (χ2v) is 38.4. The first kappa shape index (κ1) is 116. The monoisotopic (exact) mass is 1940 g/mol. The van der Waals surface area contributed by atoms with E-state index in [1.165, 1.54) is 32.1 Å². The number of nitrogens with zero attached hydrogens (tertiary/aromatic N) is 3. The van der Waals surface area contributed by atoms with Crippen LogP contribution in [0.15, 0.2) is 101 Å². The lowest BCUT2D eigenvalue weighted by Gasteiger charge is -2.43. The van der Waals surface area contributed by atoms with Crippen molar-refractivity contribution in [2.75, 3.05) is 166 Å². The van der Waals surface area contributed by atoms with Crippen LogP contribution in [0, 0.1) is 48.2 Å². The van der Waals surface area contributed by atoms with Crippen molar-refractivity contribution in [1.82, 2.24) is 14.8 Å². The van der Waals surface area contributed by atoms with Crippen molar-refractivity contribution >= 4 is 68.1 Å². The van der Waals surface area contributed by atoms with Gasteiger partial charge in [-0.05, 0) is 199 Å². The number of aromatic nitrogens is 1. The predicted octanol–water partition coefficient (Wildman–Crippen LogP) is 14.3. The van der Waals surface area contributed by atoms with Crippen molar-refractivity contribution in [3.8, 4) is 16.9 Å². The number of thiocarbonyl (C=S) groups is 1. The van der Waals surface area contributed by atoms with Crippen molar-refractivity contribution < 1.29 is 128 Å². The maximum atomic E-state index is 15.4. The lowest BCUT2D eigenvalue weighted by molar-refractivity contribution is -0.265. The highest BCUT2D eigenvalue weighted by Crippen LogP contribution is 2.40. The van der Waals surface area contributed by atoms with Gasteiger partial charge in [0.25, 0.3) is 17.6 Å². The summed E-state index contributed by atoms with van der Waals surface area (Å²) in [5.41, 5.74) is 9.66. The Labute approximate surface area is 806 Å². The number of sulfone groups is 1. The Kier molecular flexibility index (Phi) is 54.1. The van der Waals surface area contributed by atoms with E-state index in [0.29, 0.717) is 153 Å². The number of piperidine rings is 1. The molecule has 4 N–H and O–H groups in total. The number of aliphatic hydroxyl groups is 2. The molecule has 5 heterocycles. The molecule has 30 nitrogen and oxygen atoms in total. The van der Waals surface area contributed by atoms with Gasteiger partial charge in [-0.2, -0.15) is 0 Å². The molecule has 16 atom stereocenters. The summed E-state index contributed by atoms with van der Waals surface area (Å²) < 4.78 is 132. The fourth-order valence-corrected chi connectivity index (χ4v) is 19.0. The molecule has 1 aliphatic carbocycles. The highest BCUT2D eigenvalue weighted by atomic mass is 32.2. The molecule has 2 amide bonds. The van der Waals surface area contributed by atoms with E-state index in [9.17, 15) is 47.4 Å². The van der Waals surface area contributed by atoms with E-state index < -0.39 is 104 Å². The number of halogens is 1. The lowest BCUT2D eigenvalue weighted by atomic mass is 9.78. The first-order chi connectivity index (χ1) is 64.7. The fraction of sp³-hybridized carbons (Fsp3) is 0.686. The molecule has 3 aromatic rings. The Morgan fingerprint density at radius 3 is 1.93 bits per heavy atom. The van der Waals surface area contributed by atoms with Crippen LogP contribution in [0.1, 0.15) is 206 Å². The van der Waals surface area contributed by atoms with Gasteiger partial charge in [0.2, 0.25) is 5.79 Å². The summed E-state index contributed by atoms with van der Waals surface area (Å²) in [4.78, 5) is 89.2. The fourth-order valence-electron chi connectivity index (χ4n) is 17.3. The highest BCUT2D eigenvalue weighted by Gasteiger charge is 2.53. The number of benzene rings is 2. The smallest absolute Gasteiger partial charge is 0.329 e. The van der Waals surface area contributed by atoms with Gasteiger partial charge in [-0.25, -0.2) is 22.6 Å². The second-order valence-electron chi connectivity index (χ2n) is 35.9. The minimum absolute atomic E-state index is 0.0419. The summed E-state index contributed by atoms with van der Waals surface area (Å²) in [6.07, 6.45) is 18.7. The number of nitrogen functional groups attached to an aromatic ring is 1. The molecule has 5 aliphatic rings. The first-order valence-electron chi connectivity index (χ1n) is 48.2. The number of esters is 1. The Hall–Kier alpha value is -7.26. The van der Waals surface area contributed by atoms with Crippen molar-refractivity contribution in [3.63, 3.8) is 0 Å². The third kappa shape index (κ3) is 38.7. The summed E-state index contributed by atoms with van der Waals surface area (Å²) in [6.45, 7) is 28.3. The summed E-state index contributed by atoms with van der Waals surface area (Å²) in [5, 5.41) is 24.3.